The summed E-state index contributed by atoms with van der Waals surface area (Å²) < 4.78 is 0. The van der Waals surface area contributed by atoms with Crippen LogP contribution in [0.5, 0.6) is 0 Å². The summed E-state index contributed by atoms with van der Waals surface area (Å²) in [5.74, 6) is -0.0171. The molecule has 1 aromatic carbocycles. The first kappa shape index (κ1) is 14.8. The van der Waals surface area contributed by atoms with Crippen LogP contribution in [0.1, 0.15) is 23.9 Å². The first-order valence-corrected chi connectivity index (χ1v) is 7.58. The number of halogens is 1. The molecule has 0 radical (unpaired) electrons. The van der Waals surface area contributed by atoms with Gasteiger partial charge in [0.05, 0.1) is 28.5 Å². The van der Waals surface area contributed by atoms with Crippen molar-refractivity contribution in [1.29, 1.82) is 0 Å². The highest BCUT2D eigenvalue weighted by Gasteiger charge is 2.06. The Morgan fingerprint density at radius 3 is 2.90 bits per heavy atom. The average Bonchev–Trinajstić information content (AvgIpc) is 2.84. The number of hydrogen-bond acceptors (Lipinski definition) is 4. The van der Waals surface area contributed by atoms with Gasteiger partial charge in [-0.15, -0.1) is 11.3 Å². The fourth-order valence-corrected chi connectivity index (χ4v) is 2.56. The molecule has 0 unspecified atom stereocenters. The molecule has 0 atom stereocenters. The molecule has 0 saturated heterocycles. The van der Waals surface area contributed by atoms with E-state index in [1.807, 2.05) is 25.4 Å². The number of amides is 1. The van der Waals surface area contributed by atoms with Crippen molar-refractivity contribution < 1.29 is 4.79 Å². The first-order valence-electron chi connectivity index (χ1n) is 6.32. The summed E-state index contributed by atoms with van der Waals surface area (Å²) >= 11 is 7.77. The molecular weight excluding hydrogens is 294 g/mol. The van der Waals surface area contributed by atoms with Crippen LogP contribution in [-0.2, 0) is 11.3 Å². The SMILES string of the molecule is CCC(=O)Nc1ccc(Cl)c(NCc2scnc2C)c1. The van der Waals surface area contributed by atoms with Gasteiger partial charge in [-0.2, -0.15) is 0 Å². The number of carbonyl (C=O) groups is 1. The summed E-state index contributed by atoms with van der Waals surface area (Å²) in [5.41, 5.74) is 4.39. The first-order chi connectivity index (χ1) is 9.60. The highest BCUT2D eigenvalue weighted by atomic mass is 35.5. The van der Waals surface area contributed by atoms with Crippen molar-refractivity contribution in [3.63, 3.8) is 0 Å². The Bertz CT molecular complexity index is 612. The smallest absolute Gasteiger partial charge is 0.224 e. The summed E-state index contributed by atoms with van der Waals surface area (Å²) in [4.78, 5) is 16.8. The normalized spacial score (nSPS) is 10.3. The summed E-state index contributed by atoms with van der Waals surface area (Å²) in [6, 6.07) is 5.40. The van der Waals surface area contributed by atoms with Crippen molar-refractivity contribution >= 4 is 40.2 Å². The molecule has 4 nitrogen and oxygen atoms in total. The van der Waals surface area contributed by atoms with E-state index in [9.17, 15) is 4.79 Å². The van der Waals surface area contributed by atoms with E-state index in [2.05, 4.69) is 15.6 Å². The van der Waals surface area contributed by atoms with E-state index in [1.165, 1.54) is 4.88 Å². The van der Waals surface area contributed by atoms with Gasteiger partial charge in [-0.25, -0.2) is 4.98 Å². The van der Waals surface area contributed by atoms with Crippen LogP contribution in [0.2, 0.25) is 5.02 Å². The second-order valence-electron chi connectivity index (χ2n) is 4.31. The van der Waals surface area contributed by atoms with Gasteiger partial charge in [0.1, 0.15) is 0 Å². The average molecular weight is 310 g/mol. The molecule has 0 saturated carbocycles. The van der Waals surface area contributed by atoms with Gasteiger partial charge in [0.15, 0.2) is 0 Å². The van der Waals surface area contributed by atoms with Crippen LogP contribution in [0, 0.1) is 6.92 Å². The molecule has 2 rings (SSSR count). The number of rotatable bonds is 5. The van der Waals surface area contributed by atoms with Crippen molar-refractivity contribution in [3.05, 3.63) is 39.3 Å². The molecule has 6 heteroatoms. The van der Waals surface area contributed by atoms with Gasteiger partial charge in [0.2, 0.25) is 5.91 Å². The number of benzene rings is 1. The van der Waals surface area contributed by atoms with Gasteiger partial charge in [0.25, 0.3) is 0 Å². The second kappa shape index (κ2) is 6.72. The Morgan fingerprint density at radius 1 is 1.45 bits per heavy atom. The van der Waals surface area contributed by atoms with Gasteiger partial charge < -0.3 is 10.6 Å². The molecule has 106 valence electrons. The second-order valence-corrected chi connectivity index (χ2v) is 5.66. The molecule has 1 heterocycles. The lowest BCUT2D eigenvalue weighted by molar-refractivity contribution is -0.115. The number of hydrogen-bond donors (Lipinski definition) is 2. The predicted octanol–water partition coefficient (Wildman–Crippen LogP) is 4.07. The van der Waals surface area contributed by atoms with Gasteiger partial charge in [-0.3, -0.25) is 4.79 Å². The van der Waals surface area contributed by atoms with E-state index in [1.54, 1.807) is 23.5 Å². The third kappa shape index (κ3) is 3.71. The Kier molecular flexibility index (Phi) is 4.98. The number of thiazole rings is 1. The minimum absolute atomic E-state index is 0.0171. The molecule has 2 N–H and O–H groups in total. The molecule has 2 aromatic rings. The number of nitrogens with zero attached hydrogens (tertiary/aromatic N) is 1. The Labute approximate surface area is 127 Å². The Hall–Kier alpha value is -1.59. The maximum Gasteiger partial charge on any atom is 0.224 e. The van der Waals surface area contributed by atoms with Crippen LogP contribution in [0.25, 0.3) is 0 Å². The van der Waals surface area contributed by atoms with Crippen LogP contribution >= 0.6 is 22.9 Å². The van der Waals surface area contributed by atoms with Crippen LogP contribution < -0.4 is 10.6 Å². The lowest BCUT2D eigenvalue weighted by Gasteiger charge is -2.10. The number of aryl methyl sites for hydroxylation is 1. The summed E-state index contributed by atoms with van der Waals surface area (Å²) in [6.45, 7) is 4.46. The maximum atomic E-state index is 11.4. The summed E-state index contributed by atoms with van der Waals surface area (Å²) in [6.07, 6.45) is 0.450. The maximum absolute atomic E-state index is 11.4. The molecule has 1 aromatic heterocycles. The largest absolute Gasteiger partial charge is 0.379 e. The molecule has 20 heavy (non-hydrogen) atoms. The van der Waals surface area contributed by atoms with E-state index in [-0.39, 0.29) is 5.91 Å². The highest BCUT2D eigenvalue weighted by molar-refractivity contribution is 7.09. The zero-order valence-electron chi connectivity index (χ0n) is 11.4. The third-order valence-electron chi connectivity index (χ3n) is 2.86. The zero-order chi connectivity index (χ0) is 14.5. The topological polar surface area (TPSA) is 54.0 Å². The monoisotopic (exact) mass is 309 g/mol. The van der Waals surface area contributed by atoms with Crippen LogP contribution in [0.15, 0.2) is 23.7 Å². The minimum Gasteiger partial charge on any atom is -0.379 e. The molecule has 0 aliphatic rings. The van der Waals surface area contributed by atoms with Crippen molar-refractivity contribution in [2.24, 2.45) is 0 Å². The number of carbonyl (C=O) groups excluding carboxylic acids is 1. The molecule has 0 aliphatic heterocycles. The number of aromatic nitrogens is 1. The van der Waals surface area contributed by atoms with Gasteiger partial charge >= 0.3 is 0 Å². The summed E-state index contributed by atoms with van der Waals surface area (Å²) in [5, 5.41) is 6.72. The fraction of sp³-hybridized carbons (Fsp3) is 0.286. The molecule has 0 spiro atoms. The molecule has 0 fully saturated rings. The highest BCUT2D eigenvalue weighted by Crippen LogP contribution is 2.26. The number of anilines is 2. The van der Waals surface area contributed by atoms with Gasteiger partial charge in [-0.05, 0) is 25.1 Å². The van der Waals surface area contributed by atoms with Crippen molar-refractivity contribution in [2.45, 2.75) is 26.8 Å². The Balaban J connectivity index is 2.08. The third-order valence-corrected chi connectivity index (χ3v) is 4.12. The van der Waals surface area contributed by atoms with E-state index < -0.39 is 0 Å². The fourth-order valence-electron chi connectivity index (χ4n) is 1.66. The number of nitrogens with one attached hydrogen (secondary N) is 2. The van der Waals surface area contributed by atoms with E-state index in [0.717, 1.165) is 17.1 Å². The van der Waals surface area contributed by atoms with E-state index in [4.69, 9.17) is 11.6 Å². The zero-order valence-corrected chi connectivity index (χ0v) is 12.9. The standard InChI is InChI=1S/C14H16ClN3OS/c1-3-14(19)18-10-4-5-11(15)12(6-10)16-7-13-9(2)17-8-20-13/h4-6,8,16H,3,7H2,1-2H3,(H,18,19). The lowest BCUT2D eigenvalue weighted by Crippen LogP contribution is -2.09. The van der Waals surface area contributed by atoms with Crippen molar-refractivity contribution in [2.75, 3.05) is 10.6 Å². The molecule has 0 aliphatic carbocycles. The lowest BCUT2D eigenvalue weighted by atomic mass is 10.2. The minimum atomic E-state index is -0.0171. The Morgan fingerprint density at radius 2 is 2.25 bits per heavy atom. The van der Waals surface area contributed by atoms with Crippen molar-refractivity contribution in [3.8, 4) is 0 Å². The van der Waals surface area contributed by atoms with Gasteiger partial charge in [0, 0.05) is 17.0 Å². The quantitative estimate of drug-likeness (QED) is 0.875. The van der Waals surface area contributed by atoms with Crippen LogP contribution in [0.3, 0.4) is 0 Å². The van der Waals surface area contributed by atoms with Gasteiger partial charge in [-0.1, -0.05) is 18.5 Å². The molecule has 0 bridgehead atoms. The predicted molar refractivity (Wildman–Crippen MR) is 84.6 cm³/mol. The van der Waals surface area contributed by atoms with Crippen molar-refractivity contribution in [1.82, 2.24) is 4.98 Å². The summed E-state index contributed by atoms with van der Waals surface area (Å²) in [7, 11) is 0. The molecular formula is C14H16ClN3OS. The van der Waals surface area contributed by atoms with Crippen LogP contribution in [0.4, 0.5) is 11.4 Å². The van der Waals surface area contributed by atoms with Crippen LogP contribution in [-0.4, -0.2) is 10.9 Å². The van der Waals surface area contributed by atoms with E-state index >= 15 is 0 Å². The molecule has 1 amide bonds. The van der Waals surface area contributed by atoms with E-state index in [0.29, 0.717) is 18.0 Å².